The first-order chi connectivity index (χ1) is 30.2. The van der Waals surface area contributed by atoms with Gasteiger partial charge in [-0.1, -0.05) is 92.9 Å². The summed E-state index contributed by atoms with van der Waals surface area (Å²) < 4.78 is 16.1. The molecule has 0 bridgehead atoms. The summed E-state index contributed by atoms with van der Waals surface area (Å²) in [4.78, 5) is 18.0. The molecule has 64 heavy (non-hydrogen) atoms. The SMILES string of the molecule is Cc1cc2c(c(C)n1)[N-]C(c1[c-]ccc3c1sc1nc(C4CCCCC4)ccc13)N2c1ccc(C(C)(C)C)cc1-c1ccccc1.[CH3][Ge]([CH3])([CH3])[c]1ccc(-c2[c-]cccc2F)nc1.[Ir+3]. The zero-order chi connectivity index (χ0) is 44.0. The molecule has 9 heteroatoms. The molecule has 2 aliphatic rings. The van der Waals surface area contributed by atoms with Crippen molar-refractivity contribution in [2.24, 2.45) is 0 Å². The molecule has 0 spiro atoms. The first-order valence-electron chi connectivity index (χ1n) is 22.3. The van der Waals surface area contributed by atoms with E-state index in [-0.39, 0.29) is 37.5 Å². The quantitative estimate of drug-likeness (QED) is 0.123. The maximum absolute atomic E-state index is 13.6. The van der Waals surface area contributed by atoms with Crippen LogP contribution in [0.2, 0.25) is 17.3 Å². The molecule has 5 heterocycles. The van der Waals surface area contributed by atoms with E-state index in [1.807, 2.05) is 12.3 Å². The van der Waals surface area contributed by atoms with Crippen LogP contribution in [0.3, 0.4) is 0 Å². The molecule has 0 amide bonds. The van der Waals surface area contributed by atoms with E-state index in [9.17, 15) is 4.39 Å². The Morgan fingerprint density at radius 1 is 0.797 bits per heavy atom. The third kappa shape index (κ3) is 9.22. The summed E-state index contributed by atoms with van der Waals surface area (Å²) in [6.07, 6.45) is 8.08. The molecular formula is C55H55FGeIrN5S. The average Bonchev–Trinajstić information content (AvgIpc) is 3.85. The molecule has 5 nitrogen and oxygen atoms in total. The normalized spacial score (nSPS) is 15.3. The van der Waals surface area contributed by atoms with Crippen molar-refractivity contribution in [2.75, 3.05) is 4.90 Å². The van der Waals surface area contributed by atoms with Crippen molar-refractivity contribution in [3.63, 3.8) is 0 Å². The monoisotopic (exact) mass is 1100 g/mol. The second-order valence-electron chi connectivity index (χ2n) is 19.2. The number of rotatable bonds is 6. The molecule has 4 aromatic carbocycles. The number of aryl methyl sites for hydroxylation is 2. The van der Waals surface area contributed by atoms with E-state index in [2.05, 4.69) is 159 Å². The number of pyridine rings is 3. The molecule has 1 fully saturated rings. The van der Waals surface area contributed by atoms with E-state index in [1.54, 1.807) is 23.5 Å². The Morgan fingerprint density at radius 2 is 1.58 bits per heavy atom. The van der Waals surface area contributed by atoms with E-state index in [0.29, 0.717) is 17.2 Å². The zero-order valence-electron chi connectivity index (χ0n) is 38.0. The number of aromatic nitrogens is 3. The molecule has 326 valence electrons. The molecule has 1 atom stereocenters. The third-order valence-electron chi connectivity index (χ3n) is 12.6. The second kappa shape index (κ2) is 18.6. The van der Waals surface area contributed by atoms with E-state index in [0.717, 1.165) is 38.8 Å². The fourth-order valence-corrected chi connectivity index (χ4v) is 12.4. The maximum atomic E-state index is 13.6. The zero-order valence-corrected chi connectivity index (χ0v) is 43.3. The van der Waals surface area contributed by atoms with Gasteiger partial charge in [0.25, 0.3) is 0 Å². The molecule has 0 saturated heterocycles. The maximum Gasteiger partial charge on any atom is 3.00 e. The minimum Gasteiger partial charge on any atom is 3.00 e. The van der Waals surface area contributed by atoms with Gasteiger partial charge < -0.3 is 10.2 Å². The van der Waals surface area contributed by atoms with Crippen molar-refractivity contribution in [3.05, 3.63) is 167 Å². The minimum atomic E-state index is -1.83. The van der Waals surface area contributed by atoms with Gasteiger partial charge >= 0.3 is 124 Å². The predicted octanol–water partition coefficient (Wildman–Crippen LogP) is 15.4. The van der Waals surface area contributed by atoms with Gasteiger partial charge in [-0.25, -0.2) is 4.98 Å². The molecular weight excluding hydrogens is 1050 g/mol. The molecule has 8 aromatic rings. The Hall–Kier alpha value is -4.73. The van der Waals surface area contributed by atoms with E-state index in [4.69, 9.17) is 15.3 Å². The number of benzene rings is 4. The number of anilines is 2. The second-order valence-corrected chi connectivity index (χ2v) is 30.8. The summed E-state index contributed by atoms with van der Waals surface area (Å²) in [5, 5.41) is 7.92. The standard InChI is InChI=1S/C41H40N4S.C14H15FGeN.Ir/c1-25-23-36-37(26(2)42-25)44-39(45(36)35-22-19-29(41(3,4)5)24-33(35)27-13-8-6-9-14-27)32-18-12-17-30-31-20-21-34(28-15-10-7-11-16-28)43-40(31)46-38(30)32;1-16(2,3)11-8-9-14(17-10-11)12-6-4-5-7-13(12)15;/h6,8-9,12-14,17,19-24,28,39H,7,10-11,15-16H2,1-5H3;4-5,7-10H,1-3H3;/q-2;-1;+3. The van der Waals surface area contributed by atoms with Crippen LogP contribution in [0.25, 0.3) is 48.0 Å². The number of fused-ring (bicyclic) bond motifs is 4. The first kappa shape index (κ1) is 45.8. The van der Waals surface area contributed by atoms with Gasteiger partial charge in [0.1, 0.15) is 4.83 Å². The summed E-state index contributed by atoms with van der Waals surface area (Å²) in [6.45, 7) is 11.0. The number of halogens is 1. The van der Waals surface area contributed by atoms with Gasteiger partial charge in [0.2, 0.25) is 0 Å². The Kier molecular flexibility index (Phi) is 13.3. The number of hydrogen-bond acceptors (Lipinski definition) is 5. The number of nitrogens with zero attached hydrogens (tertiary/aromatic N) is 5. The van der Waals surface area contributed by atoms with E-state index >= 15 is 0 Å². The fraction of sp³-hybridized carbons (Fsp3) is 0.291. The third-order valence-corrected chi connectivity index (χ3v) is 18.0. The average molecular weight is 1100 g/mol. The van der Waals surface area contributed by atoms with Crippen molar-refractivity contribution in [1.82, 2.24) is 15.0 Å². The summed E-state index contributed by atoms with van der Waals surface area (Å²) >= 11 is -0.0279. The van der Waals surface area contributed by atoms with Gasteiger partial charge in [-0.3, -0.25) is 4.98 Å². The van der Waals surface area contributed by atoms with Crippen molar-refractivity contribution in [1.29, 1.82) is 0 Å². The van der Waals surface area contributed by atoms with Gasteiger partial charge in [-0.15, -0.1) is 10.9 Å². The van der Waals surface area contributed by atoms with E-state index in [1.165, 1.54) is 80.4 Å². The predicted molar refractivity (Wildman–Crippen MR) is 265 cm³/mol. The fourth-order valence-electron chi connectivity index (χ4n) is 9.05. The molecule has 1 aliphatic heterocycles. The topological polar surface area (TPSA) is 56.0 Å². The van der Waals surface area contributed by atoms with Gasteiger partial charge in [0, 0.05) is 39.9 Å². The van der Waals surface area contributed by atoms with Crippen molar-refractivity contribution >= 4 is 66.4 Å². The molecule has 1 saturated carbocycles. The van der Waals surface area contributed by atoms with Gasteiger partial charge in [0.05, 0.1) is 0 Å². The minimum absolute atomic E-state index is 0. The van der Waals surface area contributed by atoms with Crippen LogP contribution in [0.1, 0.15) is 93.2 Å². The Balaban J connectivity index is 0.000000262. The largest absolute Gasteiger partial charge is 3.00 e. The van der Waals surface area contributed by atoms with Crippen LogP contribution in [0.4, 0.5) is 21.5 Å². The molecule has 1 unspecified atom stereocenters. The van der Waals surface area contributed by atoms with E-state index < -0.39 is 13.3 Å². The van der Waals surface area contributed by atoms with Crippen molar-refractivity contribution in [2.45, 2.75) is 101 Å². The summed E-state index contributed by atoms with van der Waals surface area (Å²) in [5.41, 5.74) is 12.3. The molecule has 0 N–H and O–H groups in total. The molecule has 10 rings (SSSR count). The Bertz CT molecular complexity index is 2930. The van der Waals surface area contributed by atoms with Crippen LogP contribution in [-0.4, -0.2) is 28.2 Å². The molecule has 1 aliphatic carbocycles. The Morgan fingerprint density at radius 3 is 2.28 bits per heavy atom. The first-order valence-corrected chi connectivity index (χ1v) is 30.5. The summed E-state index contributed by atoms with van der Waals surface area (Å²) in [5.74, 6) is 7.24. The number of thiophene rings is 1. The van der Waals surface area contributed by atoms with Gasteiger partial charge in [0.15, 0.2) is 0 Å². The van der Waals surface area contributed by atoms with Crippen molar-refractivity contribution < 1.29 is 24.5 Å². The summed E-state index contributed by atoms with van der Waals surface area (Å²) in [7, 11) is 0. The van der Waals surface area contributed by atoms with Crippen LogP contribution < -0.4 is 9.30 Å². The van der Waals surface area contributed by atoms with Crippen LogP contribution in [0, 0.1) is 31.8 Å². The van der Waals surface area contributed by atoms with Crippen LogP contribution >= 0.6 is 11.3 Å². The molecule has 0 radical (unpaired) electrons. The van der Waals surface area contributed by atoms with Crippen LogP contribution in [0.15, 0.2) is 115 Å². The molecule has 4 aromatic heterocycles. The van der Waals surface area contributed by atoms with Crippen molar-refractivity contribution in [3.8, 4) is 22.4 Å². The van der Waals surface area contributed by atoms with Crippen LogP contribution in [0.5, 0.6) is 0 Å². The Labute approximate surface area is 398 Å². The summed E-state index contributed by atoms with van der Waals surface area (Å²) in [6, 6.07) is 44.1. The number of hydrogen-bond donors (Lipinski definition) is 0. The van der Waals surface area contributed by atoms with Crippen LogP contribution in [-0.2, 0) is 25.5 Å². The van der Waals surface area contributed by atoms with Gasteiger partial charge in [-0.2, -0.15) is 29.5 Å². The van der Waals surface area contributed by atoms with Gasteiger partial charge in [-0.05, 0) is 79.0 Å². The smallest absolute Gasteiger partial charge is 3.00 e.